The van der Waals surface area contributed by atoms with Gasteiger partial charge in [0, 0.05) is 50.1 Å². The zero-order valence-electron chi connectivity index (χ0n) is 20.4. The fraction of sp³-hybridized carbons (Fsp3) is 0.542. The van der Waals surface area contributed by atoms with Crippen molar-refractivity contribution in [2.75, 3.05) is 38.7 Å². The Morgan fingerprint density at radius 2 is 1.89 bits per heavy atom. The SMILES string of the molecule is CO[C@@H]1COCC[C@@H]1NC1CCN(C(=O)c2nc(C(F)(F)F)nc(Nc3ccc(Cl)c(Cl)c3)c2C)CC1. The van der Waals surface area contributed by atoms with Crippen LogP contribution in [0.5, 0.6) is 0 Å². The first kappa shape index (κ1) is 27.8. The van der Waals surface area contributed by atoms with Gasteiger partial charge in [-0.15, -0.1) is 0 Å². The van der Waals surface area contributed by atoms with Crippen molar-refractivity contribution in [3.05, 3.63) is 45.3 Å². The van der Waals surface area contributed by atoms with E-state index in [1.54, 1.807) is 13.2 Å². The maximum Gasteiger partial charge on any atom is 0.451 e. The summed E-state index contributed by atoms with van der Waals surface area (Å²) in [6, 6.07) is 4.83. The molecular weight excluding hydrogens is 534 g/mol. The molecule has 0 saturated carbocycles. The number of aromatic nitrogens is 2. The first-order chi connectivity index (χ1) is 17.6. The largest absolute Gasteiger partial charge is 0.451 e. The molecule has 2 atom stereocenters. The summed E-state index contributed by atoms with van der Waals surface area (Å²) in [5.41, 5.74) is 0.284. The van der Waals surface area contributed by atoms with Gasteiger partial charge in [0.25, 0.3) is 5.91 Å². The van der Waals surface area contributed by atoms with E-state index in [4.69, 9.17) is 32.7 Å². The predicted molar refractivity (Wildman–Crippen MR) is 134 cm³/mol. The molecule has 4 rings (SSSR count). The molecule has 2 aliphatic rings. The minimum atomic E-state index is -4.84. The van der Waals surface area contributed by atoms with Gasteiger partial charge in [-0.3, -0.25) is 4.79 Å². The Kier molecular flexibility index (Phi) is 8.80. The average molecular weight is 562 g/mol. The van der Waals surface area contributed by atoms with Crippen LogP contribution >= 0.6 is 23.2 Å². The number of piperidine rings is 1. The Bertz CT molecular complexity index is 1130. The van der Waals surface area contributed by atoms with Crippen LogP contribution in [0.4, 0.5) is 24.7 Å². The Morgan fingerprint density at radius 1 is 1.16 bits per heavy atom. The molecule has 13 heteroatoms. The fourth-order valence-corrected chi connectivity index (χ4v) is 4.82. The molecule has 202 valence electrons. The van der Waals surface area contributed by atoms with E-state index >= 15 is 0 Å². The van der Waals surface area contributed by atoms with Gasteiger partial charge < -0.3 is 25.0 Å². The number of methoxy groups -OCH3 is 1. The number of carbonyl (C=O) groups is 1. The van der Waals surface area contributed by atoms with Crippen LogP contribution in [0, 0.1) is 6.92 Å². The summed E-state index contributed by atoms with van der Waals surface area (Å²) in [5.74, 6) is -2.10. The molecule has 2 N–H and O–H groups in total. The highest BCUT2D eigenvalue weighted by molar-refractivity contribution is 6.42. The Hall–Kier alpha value is -2.18. The van der Waals surface area contributed by atoms with Gasteiger partial charge in [0.15, 0.2) is 0 Å². The second kappa shape index (κ2) is 11.7. The number of nitrogens with zero attached hydrogens (tertiary/aromatic N) is 3. The smallest absolute Gasteiger partial charge is 0.379 e. The Balaban J connectivity index is 1.50. The zero-order chi connectivity index (χ0) is 26.7. The molecule has 8 nitrogen and oxygen atoms in total. The number of likely N-dealkylation sites (tertiary alicyclic amines) is 1. The third-order valence-electron chi connectivity index (χ3n) is 6.62. The summed E-state index contributed by atoms with van der Waals surface area (Å²) < 4.78 is 51.9. The zero-order valence-corrected chi connectivity index (χ0v) is 21.9. The highest BCUT2D eigenvalue weighted by Crippen LogP contribution is 2.32. The quantitative estimate of drug-likeness (QED) is 0.521. The van der Waals surface area contributed by atoms with Gasteiger partial charge in [-0.1, -0.05) is 23.2 Å². The lowest BCUT2D eigenvalue weighted by Gasteiger charge is -2.38. The molecule has 0 bridgehead atoms. The predicted octanol–water partition coefficient (Wildman–Crippen LogP) is 4.85. The molecule has 1 aromatic carbocycles. The van der Waals surface area contributed by atoms with Crippen LogP contribution in [0.3, 0.4) is 0 Å². The number of carbonyl (C=O) groups excluding carboxylic acids is 1. The lowest BCUT2D eigenvalue weighted by Crippen LogP contribution is -2.54. The standard InChI is InChI=1S/C24H28Cl2F3N5O3/c1-13-20(22(35)34-8-5-14(6-9-34)30-18-7-10-37-12-19(18)36-2)32-23(24(27,28)29)33-21(13)31-15-3-4-16(25)17(26)11-15/h3-4,11,14,18-19,30H,5-10,12H2,1-2H3,(H,31,32,33)/t18-,19+/m0/s1. The Labute approximate surface area is 222 Å². The van der Waals surface area contributed by atoms with Gasteiger partial charge in [-0.2, -0.15) is 13.2 Å². The molecule has 0 spiro atoms. The van der Waals surface area contributed by atoms with Gasteiger partial charge in [-0.05, 0) is 44.4 Å². The fourth-order valence-electron chi connectivity index (χ4n) is 4.52. The van der Waals surface area contributed by atoms with Crippen LogP contribution in [-0.2, 0) is 15.7 Å². The molecule has 1 amide bonds. The lowest BCUT2D eigenvalue weighted by molar-refractivity contribution is -0.144. The van der Waals surface area contributed by atoms with E-state index in [2.05, 4.69) is 20.6 Å². The molecule has 0 aliphatic carbocycles. The van der Waals surface area contributed by atoms with Crippen molar-refractivity contribution >= 4 is 40.6 Å². The van der Waals surface area contributed by atoms with Crippen LogP contribution < -0.4 is 10.6 Å². The van der Waals surface area contributed by atoms with E-state index in [0.717, 1.165) is 6.42 Å². The number of benzene rings is 1. The summed E-state index contributed by atoms with van der Waals surface area (Å²) in [6.45, 7) is 3.47. The number of nitrogens with one attached hydrogen (secondary N) is 2. The topological polar surface area (TPSA) is 88.6 Å². The monoisotopic (exact) mass is 561 g/mol. The normalized spacial score (nSPS) is 21.2. The number of alkyl halides is 3. The highest BCUT2D eigenvalue weighted by atomic mass is 35.5. The first-order valence-corrected chi connectivity index (χ1v) is 12.7. The summed E-state index contributed by atoms with van der Waals surface area (Å²) >= 11 is 12.0. The second-order valence-electron chi connectivity index (χ2n) is 9.10. The van der Waals surface area contributed by atoms with Gasteiger partial charge in [0.2, 0.25) is 5.82 Å². The molecular formula is C24H28Cl2F3N5O3. The van der Waals surface area contributed by atoms with E-state index in [9.17, 15) is 18.0 Å². The molecule has 1 aromatic heterocycles. The number of hydrogen-bond donors (Lipinski definition) is 2. The van der Waals surface area contributed by atoms with E-state index in [0.29, 0.717) is 49.9 Å². The van der Waals surface area contributed by atoms with Crippen LogP contribution in [0.25, 0.3) is 0 Å². The van der Waals surface area contributed by atoms with Crippen molar-refractivity contribution < 1.29 is 27.4 Å². The van der Waals surface area contributed by atoms with Crippen molar-refractivity contribution in [1.29, 1.82) is 0 Å². The molecule has 2 aromatic rings. The number of halogens is 5. The van der Waals surface area contributed by atoms with Crippen molar-refractivity contribution in [2.24, 2.45) is 0 Å². The Morgan fingerprint density at radius 3 is 2.54 bits per heavy atom. The minimum Gasteiger partial charge on any atom is -0.379 e. The summed E-state index contributed by atoms with van der Waals surface area (Å²) in [5, 5.41) is 6.93. The second-order valence-corrected chi connectivity index (χ2v) is 9.91. The van der Waals surface area contributed by atoms with Crippen LogP contribution in [0.1, 0.15) is 41.1 Å². The number of hydrogen-bond acceptors (Lipinski definition) is 7. The van der Waals surface area contributed by atoms with Crippen molar-refractivity contribution in [3.63, 3.8) is 0 Å². The van der Waals surface area contributed by atoms with Crippen LogP contribution in [0.2, 0.25) is 10.0 Å². The average Bonchev–Trinajstić information content (AvgIpc) is 2.87. The third-order valence-corrected chi connectivity index (χ3v) is 7.36. The molecule has 2 saturated heterocycles. The number of anilines is 2. The number of amides is 1. The molecule has 0 unspecified atom stereocenters. The van der Waals surface area contributed by atoms with E-state index in [1.807, 2.05) is 0 Å². The van der Waals surface area contributed by atoms with E-state index in [-0.39, 0.29) is 40.3 Å². The van der Waals surface area contributed by atoms with E-state index in [1.165, 1.54) is 24.0 Å². The van der Waals surface area contributed by atoms with Crippen LogP contribution in [0.15, 0.2) is 18.2 Å². The minimum absolute atomic E-state index is 0.0423. The van der Waals surface area contributed by atoms with Crippen LogP contribution in [-0.4, -0.2) is 72.4 Å². The van der Waals surface area contributed by atoms with Gasteiger partial charge in [0.05, 0.1) is 22.8 Å². The number of rotatable bonds is 6. The van der Waals surface area contributed by atoms with Gasteiger partial charge in [-0.25, -0.2) is 9.97 Å². The molecule has 3 heterocycles. The third kappa shape index (κ3) is 6.64. The summed E-state index contributed by atoms with van der Waals surface area (Å²) in [7, 11) is 1.65. The maximum absolute atomic E-state index is 13.6. The highest BCUT2D eigenvalue weighted by Gasteiger charge is 2.38. The molecule has 0 radical (unpaired) electrons. The van der Waals surface area contributed by atoms with Gasteiger partial charge >= 0.3 is 6.18 Å². The van der Waals surface area contributed by atoms with Crippen molar-refractivity contribution in [1.82, 2.24) is 20.2 Å². The molecule has 2 fully saturated rings. The lowest BCUT2D eigenvalue weighted by atomic mass is 9.99. The number of ether oxygens (including phenoxy) is 2. The molecule has 37 heavy (non-hydrogen) atoms. The first-order valence-electron chi connectivity index (χ1n) is 11.9. The van der Waals surface area contributed by atoms with Gasteiger partial charge in [0.1, 0.15) is 11.5 Å². The van der Waals surface area contributed by atoms with Crippen molar-refractivity contribution in [2.45, 2.75) is 50.6 Å². The van der Waals surface area contributed by atoms with E-state index < -0.39 is 17.9 Å². The summed E-state index contributed by atoms with van der Waals surface area (Å²) in [6.07, 6.45) is -2.74. The summed E-state index contributed by atoms with van der Waals surface area (Å²) in [4.78, 5) is 22.2. The molecule has 2 aliphatic heterocycles. The van der Waals surface area contributed by atoms with Crippen molar-refractivity contribution in [3.8, 4) is 0 Å². The maximum atomic E-state index is 13.6.